The summed E-state index contributed by atoms with van der Waals surface area (Å²) in [6, 6.07) is 10.7. The number of alkyl halides is 3. The van der Waals surface area contributed by atoms with Gasteiger partial charge in [0.2, 0.25) is 0 Å². The number of fused-ring (bicyclic) bond motifs is 1. The monoisotopic (exact) mass is 439 g/mol. The predicted octanol–water partition coefficient (Wildman–Crippen LogP) is 6.57. The van der Waals surface area contributed by atoms with Crippen LogP contribution >= 0.6 is 11.3 Å². The molecule has 8 heteroatoms. The summed E-state index contributed by atoms with van der Waals surface area (Å²) in [6.45, 7) is 5.26. The van der Waals surface area contributed by atoms with Crippen molar-refractivity contribution in [2.45, 2.75) is 44.9 Å². The Balaban J connectivity index is 2.11. The average molecular weight is 439 g/mol. The second-order valence-electron chi connectivity index (χ2n) is 7.68. The van der Waals surface area contributed by atoms with Crippen LogP contribution in [-0.2, 0) is 17.3 Å². The number of hydrogen-bond acceptors (Lipinski definition) is 3. The molecule has 0 spiro atoms. The molecule has 2 N–H and O–H groups in total. The van der Waals surface area contributed by atoms with Crippen molar-refractivity contribution in [3.8, 4) is 0 Å². The Bertz CT molecular complexity index is 1090. The van der Waals surface area contributed by atoms with Crippen LogP contribution in [0.3, 0.4) is 0 Å². The van der Waals surface area contributed by atoms with Gasteiger partial charge in [0.25, 0.3) is 0 Å². The number of ether oxygens (including phenoxy) is 1. The van der Waals surface area contributed by atoms with Crippen molar-refractivity contribution in [3.05, 3.63) is 69.8 Å². The molecule has 3 aromatic rings. The molecule has 160 valence electrons. The molecule has 30 heavy (non-hydrogen) atoms. The normalized spacial score (nSPS) is 13.4. The van der Waals surface area contributed by atoms with Crippen LogP contribution in [0.1, 0.15) is 41.3 Å². The van der Waals surface area contributed by atoms with Crippen LogP contribution < -0.4 is 5.73 Å². The molecular formula is C22H21F4NO2S. The molecule has 1 unspecified atom stereocenters. The standard InChI is InChI=1S/C22H21F4NO2S/c1-12-14-6-4-5-7-18(14)30-19(12)16(21(2,3)29-20(27)28)11-13-8-9-17(23)15(10-13)22(24,25)26/h4-10,16H,11H2,1-3H3,(H2,27,28). The van der Waals surface area contributed by atoms with Crippen LogP contribution in [0.15, 0.2) is 42.5 Å². The molecule has 0 aliphatic heterocycles. The molecule has 3 rings (SSSR count). The quantitative estimate of drug-likeness (QED) is 0.457. The van der Waals surface area contributed by atoms with Crippen LogP contribution in [-0.4, -0.2) is 11.7 Å². The predicted molar refractivity (Wildman–Crippen MR) is 109 cm³/mol. The molecule has 0 aliphatic carbocycles. The number of amides is 1. The van der Waals surface area contributed by atoms with Crippen molar-refractivity contribution in [3.63, 3.8) is 0 Å². The highest BCUT2D eigenvalue weighted by molar-refractivity contribution is 7.19. The summed E-state index contributed by atoms with van der Waals surface area (Å²) in [6.07, 6.45) is -5.67. The summed E-state index contributed by atoms with van der Waals surface area (Å²) in [4.78, 5) is 12.4. The maximum atomic E-state index is 13.7. The highest BCUT2D eigenvalue weighted by Gasteiger charge is 2.38. The Morgan fingerprint density at radius 2 is 1.83 bits per heavy atom. The van der Waals surface area contributed by atoms with Crippen LogP contribution in [0.25, 0.3) is 10.1 Å². The van der Waals surface area contributed by atoms with Gasteiger partial charge in [-0.3, -0.25) is 0 Å². The Kier molecular flexibility index (Phi) is 5.82. The second-order valence-corrected chi connectivity index (χ2v) is 8.76. The summed E-state index contributed by atoms with van der Waals surface area (Å²) in [5.74, 6) is -1.82. The minimum absolute atomic E-state index is 0.108. The zero-order valence-corrected chi connectivity index (χ0v) is 17.5. The lowest BCUT2D eigenvalue weighted by molar-refractivity contribution is -0.140. The maximum absolute atomic E-state index is 13.7. The summed E-state index contributed by atoms with van der Waals surface area (Å²) >= 11 is 1.49. The van der Waals surface area contributed by atoms with E-state index in [1.165, 1.54) is 17.4 Å². The third-order valence-electron chi connectivity index (χ3n) is 5.18. The van der Waals surface area contributed by atoms with Crippen LogP contribution in [0.5, 0.6) is 0 Å². The average Bonchev–Trinajstić information content (AvgIpc) is 2.95. The topological polar surface area (TPSA) is 52.3 Å². The largest absolute Gasteiger partial charge is 0.443 e. The third kappa shape index (κ3) is 4.43. The van der Waals surface area contributed by atoms with Crippen molar-refractivity contribution in [1.29, 1.82) is 0 Å². The molecule has 1 aromatic heterocycles. The molecule has 0 radical (unpaired) electrons. The van der Waals surface area contributed by atoms with Gasteiger partial charge in [-0.15, -0.1) is 11.3 Å². The van der Waals surface area contributed by atoms with Crippen molar-refractivity contribution in [2.24, 2.45) is 5.73 Å². The van der Waals surface area contributed by atoms with E-state index in [4.69, 9.17) is 10.5 Å². The summed E-state index contributed by atoms with van der Waals surface area (Å²) in [5.41, 5.74) is 4.06. The summed E-state index contributed by atoms with van der Waals surface area (Å²) < 4.78 is 59.6. The van der Waals surface area contributed by atoms with Gasteiger partial charge >= 0.3 is 12.3 Å². The first-order valence-corrected chi connectivity index (χ1v) is 10.0. The lowest BCUT2D eigenvalue weighted by Gasteiger charge is -2.33. The summed E-state index contributed by atoms with van der Waals surface area (Å²) in [7, 11) is 0. The van der Waals surface area contributed by atoms with Crippen LogP contribution in [0, 0.1) is 12.7 Å². The molecule has 0 saturated heterocycles. The van der Waals surface area contributed by atoms with E-state index in [0.29, 0.717) is 0 Å². The molecule has 1 heterocycles. The van der Waals surface area contributed by atoms with E-state index < -0.39 is 35.2 Å². The molecular weight excluding hydrogens is 418 g/mol. The van der Waals surface area contributed by atoms with Gasteiger partial charge in [-0.25, -0.2) is 9.18 Å². The number of primary amides is 1. The first-order chi connectivity index (χ1) is 13.9. The number of nitrogens with two attached hydrogens (primary N) is 1. The van der Waals surface area contributed by atoms with Gasteiger partial charge in [0, 0.05) is 15.5 Å². The highest BCUT2D eigenvalue weighted by atomic mass is 32.1. The highest BCUT2D eigenvalue weighted by Crippen LogP contribution is 2.43. The minimum Gasteiger partial charge on any atom is -0.443 e. The number of benzene rings is 2. The fourth-order valence-electron chi connectivity index (χ4n) is 3.66. The van der Waals surface area contributed by atoms with Crippen molar-refractivity contribution in [2.75, 3.05) is 0 Å². The van der Waals surface area contributed by atoms with E-state index in [2.05, 4.69) is 0 Å². The zero-order chi connectivity index (χ0) is 22.3. The van der Waals surface area contributed by atoms with Gasteiger partial charge in [-0.2, -0.15) is 13.2 Å². The van der Waals surface area contributed by atoms with Gasteiger partial charge < -0.3 is 10.5 Å². The molecule has 3 nitrogen and oxygen atoms in total. The Labute approximate surface area is 175 Å². The van der Waals surface area contributed by atoms with Crippen LogP contribution in [0.4, 0.5) is 22.4 Å². The number of carbonyl (C=O) groups excluding carboxylic acids is 1. The first-order valence-electron chi connectivity index (χ1n) is 9.22. The van der Waals surface area contributed by atoms with Crippen molar-refractivity contribution < 1.29 is 27.1 Å². The van der Waals surface area contributed by atoms with Crippen molar-refractivity contribution >= 4 is 27.5 Å². The lowest BCUT2D eigenvalue weighted by atomic mass is 9.82. The smallest absolute Gasteiger partial charge is 0.419 e. The second kappa shape index (κ2) is 7.91. The van der Waals surface area contributed by atoms with Crippen molar-refractivity contribution in [1.82, 2.24) is 0 Å². The molecule has 1 amide bonds. The molecule has 0 aliphatic rings. The maximum Gasteiger partial charge on any atom is 0.419 e. The molecule has 0 bridgehead atoms. The minimum atomic E-state index is -4.80. The number of aryl methyl sites for hydroxylation is 1. The third-order valence-corrected chi connectivity index (χ3v) is 6.56. The molecule has 0 fully saturated rings. The van der Waals surface area contributed by atoms with Crippen LogP contribution in [0.2, 0.25) is 0 Å². The van der Waals surface area contributed by atoms with E-state index in [1.54, 1.807) is 13.8 Å². The zero-order valence-electron chi connectivity index (χ0n) is 16.6. The molecule has 2 aromatic carbocycles. The van der Waals surface area contributed by atoms with E-state index in [1.807, 2.05) is 31.2 Å². The Hall–Kier alpha value is -2.61. The fraction of sp³-hybridized carbons (Fsp3) is 0.318. The molecule has 1 atom stereocenters. The number of halogens is 4. The molecule has 0 saturated carbocycles. The van der Waals surface area contributed by atoms with Gasteiger partial charge in [-0.1, -0.05) is 24.3 Å². The lowest BCUT2D eigenvalue weighted by Crippen LogP contribution is -2.38. The van der Waals surface area contributed by atoms with E-state index in [0.717, 1.165) is 32.7 Å². The van der Waals surface area contributed by atoms with Gasteiger partial charge in [0.1, 0.15) is 11.4 Å². The Morgan fingerprint density at radius 3 is 2.43 bits per heavy atom. The number of rotatable bonds is 5. The fourth-order valence-corrected chi connectivity index (χ4v) is 5.15. The SMILES string of the molecule is Cc1c(C(Cc2ccc(F)c(C(F)(F)F)c2)C(C)(C)OC(N)=O)sc2ccccc12. The van der Waals surface area contributed by atoms with Gasteiger partial charge in [-0.05, 0) is 61.9 Å². The van der Waals surface area contributed by atoms with E-state index in [-0.39, 0.29) is 12.0 Å². The van der Waals surface area contributed by atoms with E-state index >= 15 is 0 Å². The number of thiophene rings is 1. The summed E-state index contributed by atoms with van der Waals surface area (Å²) in [5, 5.41) is 1.02. The van der Waals surface area contributed by atoms with Gasteiger partial charge in [0.15, 0.2) is 0 Å². The van der Waals surface area contributed by atoms with E-state index in [9.17, 15) is 22.4 Å². The van der Waals surface area contributed by atoms with Gasteiger partial charge in [0.05, 0.1) is 5.56 Å². The number of carbonyl (C=O) groups is 1. The first kappa shape index (κ1) is 22.1. The number of hydrogen-bond donors (Lipinski definition) is 1. The Morgan fingerprint density at radius 1 is 1.17 bits per heavy atom.